The van der Waals surface area contributed by atoms with E-state index in [0.29, 0.717) is 18.2 Å². The van der Waals surface area contributed by atoms with Gasteiger partial charge in [0.25, 0.3) is 5.91 Å². The Balaban J connectivity index is 1.86. The van der Waals surface area contributed by atoms with Gasteiger partial charge in [0.05, 0.1) is 0 Å². The second-order valence-electron chi connectivity index (χ2n) is 5.70. The minimum Gasteiger partial charge on any atom is -0.481 e. The molecular formula is C20H25NO2S. The molecule has 0 fully saturated rings. The molecule has 0 radical (unpaired) electrons. The van der Waals surface area contributed by atoms with Crippen LogP contribution in [0.15, 0.2) is 59.5 Å². The summed E-state index contributed by atoms with van der Waals surface area (Å²) in [7, 11) is 0. The minimum atomic E-state index is -0.515. The fourth-order valence-corrected chi connectivity index (χ4v) is 2.91. The Labute approximate surface area is 148 Å². The predicted octanol–water partition coefficient (Wildman–Crippen LogP) is 4.49. The van der Waals surface area contributed by atoms with E-state index in [1.54, 1.807) is 18.7 Å². The Kier molecular flexibility index (Phi) is 7.19. The maximum absolute atomic E-state index is 12.3. The molecule has 1 amide bonds. The average Bonchev–Trinajstić information content (AvgIpc) is 2.63. The Morgan fingerprint density at radius 2 is 1.79 bits per heavy atom. The first kappa shape index (κ1) is 18.4. The number of benzene rings is 2. The van der Waals surface area contributed by atoms with Gasteiger partial charge in [0, 0.05) is 17.4 Å². The summed E-state index contributed by atoms with van der Waals surface area (Å²) < 4.78 is 5.73. The van der Waals surface area contributed by atoms with E-state index in [4.69, 9.17) is 4.74 Å². The average molecular weight is 343 g/mol. The maximum Gasteiger partial charge on any atom is 0.260 e. The fraction of sp³-hybridized carbons (Fsp3) is 0.350. The van der Waals surface area contributed by atoms with Crippen molar-refractivity contribution in [1.29, 1.82) is 0 Å². The van der Waals surface area contributed by atoms with Gasteiger partial charge >= 0.3 is 0 Å². The number of hydrogen-bond donors (Lipinski definition) is 1. The van der Waals surface area contributed by atoms with Gasteiger partial charge in [-0.3, -0.25) is 4.79 Å². The van der Waals surface area contributed by atoms with Crippen molar-refractivity contribution >= 4 is 17.7 Å². The van der Waals surface area contributed by atoms with Crippen LogP contribution in [0.25, 0.3) is 0 Å². The lowest BCUT2D eigenvalue weighted by Crippen LogP contribution is -2.38. The molecule has 0 saturated heterocycles. The van der Waals surface area contributed by atoms with Gasteiger partial charge in [-0.25, -0.2) is 0 Å². The quantitative estimate of drug-likeness (QED) is 0.718. The molecule has 2 aromatic rings. The van der Waals surface area contributed by atoms with Gasteiger partial charge in [0.2, 0.25) is 0 Å². The Morgan fingerprint density at radius 1 is 1.12 bits per heavy atom. The van der Waals surface area contributed by atoms with Crippen LogP contribution >= 0.6 is 11.8 Å². The molecule has 2 aromatic carbocycles. The first-order valence-corrected chi connectivity index (χ1v) is 9.49. The zero-order valence-corrected chi connectivity index (χ0v) is 15.3. The van der Waals surface area contributed by atoms with Crippen LogP contribution in [0.4, 0.5) is 0 Å². The molecule has 0 aliphatic rings. The smallest absolute Gasteiger partial charge is 0.260 e. The highest BCUT2D eigenvalue weighted by Gasteiger charge is 2.17. The molecule has 0 aromatic heterocycles. The van der Waals surface area contributed by atoms with Gasteiger partial charge in [0.15, 0.2) is 6.10 Å². The third kappa shape index (κ3) is 5.31. The highest BCUT2D eigenvalue weighted by molar-refractivity contribution is 7.98. The molecule has 2 atom stereocenters. The van der Waals surface area contributed by atoms with Crippen LogP contribution in [0, 0.1) is 0 Å². The number of amides is 1. The molecular weight excluding hydrogens is 318 g/mol. The number of nitrogens with one attached hydrogen (secondary N) is 1. The van der Waals surface area contributed by atoms with Crippen LogP contribution in [-0.2, 0) is 4.79 Å². The van der Waals surface area contributed by atoms with Crippen molar-refractivity contribution < 1.29 is 9.53 Å². The Morgan fingerprint density at radius 3 is 2.38 bits per heavy atom. The van der Waals surface area contributed by atoms with Gasteiger partial charge in [-0.1, -0.05) is 37.3 Å². The lowest BCUT2D eigenvalue weighted by Gasteiger charge is -2.19. The normalized spacial score (nSPS) is 13.1. The zero-order chi connectivity index (χ0) is 17.4. The molecule has 2 rings (SSSR count). The van der Waals surface area contributed by atoms with E-state index in [1.807, 2.05) is 48.7 Å². The van der Waals surface area contributed by atoms with E-state index in [1.165, 1.54) is 10.5 Å². The first-order valence-electron chi connectivity index (χ1n) is 8.27. The summed E-state index contributed by atoms with van der Waals surface area (Å²) in [5.74, 6) is 0.951. The summed E-state index contributed by atoms with van der Waals surface area (Å²) in [5, 5.41) is 3.01. The molecule has 0 saturated carbocycles. The Hall–Kier alpha value is -1.94. The number of hydrogen-bond acceptors (Lipinski definition) is 3. The number of ether oxygens (including phenoxy) is 1. The van der Waals surface area contributed by atoms with Crippen molar-refractivity contribution in [3.63, 3.8) is 0 Å². The molecule has 1 N–H and O–H groups in total. The van der Waals surface area contributed by atoms with E-state index in [0.717, 1.165) is 6.42 Å². The number of thioether (sulfide) groups is 1. The van der Waals surface area contributed by atoms with Gasteiger partial charge < -0.3 is 10.1 Å². The van der Waals surface area contributed by atoms with Crippen molar-refractivity contribution in [3.05, 3.63) is 60.2 Å². The first-order chi connectivity index (χ1) is 11.6. The summed E-state index contributed by atoms with van der Waals surface area (Å²) in [5.41, 5.74) is 1.25. The van der Waals surface area contributed by atoms with E-state index in [9.17, 15) is 4.79 Å². The summed E-state index contributed by atoms with van der Waals surface area (Å²) >= 11 is 1.68. The van der Waals surface area contributed by atoms with Gasteiger partial charge in [0.1, 0.15) is 5.75 Å². The van der Waals surface area contributed by atoms with Crippen LogP contribution in [0.2, 0.25) is 0 Å². The van der Waals surface area contributed by atoms with Crippen LogP contribution < -0.4 is 10.1 Å². The van der Waals surface area contributed by atoms with E-state index in [-0.39, 0.29) is 5.91 Å². The molecule has 0 heterocycles. The van der Waals surface area contributed by atoms with Crippen LogP contribution in [0.5, 0.6) is 5.75 Å². The number of carbonyl (C=O) groups is 1. The number of rotatable bonds is 8. The topological polar surface area (TPSA) is 38.3 Å². The lowest BCUT2D eigenvalue weighted by atomic mass is 9.96. The second-order valence-corrected chi connectivity index (χ2v) is 6.58. The van der Waals surface area contributed by atoms with E-state index >= 15 is 0 Å². The van der Waals surface area contributed by atoms with Crippen LogP contribution in [0.3, 0.4) is 0 Å². The van der Waals surface area contributed by atoms with Crippen molar-refractivity contribution in [2.24, 2.45) is 0 Å². The van der Waals surface area contributed by atoms with Gasteiger partial charge in [-0.15, -0.1) is 11.8 Å². The fourth-order valence-electron chi connectivity index (χ4n) is 2.50. The lowest BCUT2D eigenvalue weighted by molar-refractivity contribution is -0.127. The van der Waals surface area contributed by atoms with Gasteiger partial charge in [-0.05, 0) is 49.4 Å². The summed E-state index contributed by atoms with van der Waals surface area (Å²) in [6.07, 6.45) is 2.50. The SMILES string of the molecule is CCC(CNC(=O)C(C)Oc1ccc(SC)cc1)c1ccccc1. The standard InChI is InChI=1S/C20H25NO2S/c1-4-16(17-8-6-5-7-9-17)14-21-20(22)15(2)23-18-10-12-19(24-3)13-11-18/h5-13,15-16H,4,14H2,1-3H3,(H,21,22). The molecule has 0 bridgehead atoms. The van der Waals surface area contributed by atoms with Crippen molar-refractivity contribution in [1.82, 2.24) is 5.32 Å². The van der Waals surface area contributed by atoms with Crippen molar-refractivity contribution in [2.75, 3.05) is 12.8 Å². The van der Waals surface area contributed by atoms with Gasteiger partial charge in [-0.2, -0.15) is 0 Å². The molecule has 0 aliphatic heterocycles. The predicted molar refractivity (Wildman–Crippen MR) is 101 cm³/mol. The monoisotopic (exact) mass is 343 g/mol. The maximum atomic E-state index is 12.3. The van der Waals surface area contributed by atoms with Crippen LogP contribution in [0.1, 0.15) is 31.7 Å². The summed E-state index contributed by atoms with van der Waals surface area (Å²) in [6, 6.07) is 18.1. The molecule has 4 heteroatoms. The largest absolute Gasteiger partial charge is 0.481 e. The summed E-state index contributed by atoms with van der Waals surface area (Å²) in [4.78, 5) is 13.5. The van der Waals surface area contributed by atoms with Crippen molar-refractivity contribution in [2.45, 2.75) is 37.2 Å². The second kappa shape index (κ2) is 9.38. The third-order valence-electron chi connectivity index (χ3n) is 4.03. The Bertz CT molecular complexity index is 628. The van der Waals surface area contributed by atoms with Crippen molar-refractivity contribution in [3.8, 4) is 5.75 Å². The van der Waals surface area contributed by atoms with Crippen LogP contribution in [-0.4, -0.2) is 24.8 Å². The molecule has 2 unspecified atom stereocenters. The highest BCUT2D eigenvalue weighted by atomic mass is 32.2. The third-order valence-corrected chi connectivity index (χ3v) is 4.77. The minimum absolute atomic E-state index is 0.0849. The zero-order valence-electron chi connectivity index (χ0n) is 14.5. The number of carbonyl (C=O) groups excluding carboxylic acids is 1. The molecule has 0 spiro atoms. The molecule has 24 heavy (non-hydrogen) atoms. The molecule has 0 aliphatic carbocycles. The van der Waals surface area contributed by atoms with E-state index < -0.39 is 6.10 Å². The highest BCUT2D eigenvalue weighted by Crippen LogP contribution is 2.20. The molecule has 128 valence electrons. The van der Waals surface area contributed by atoms with E-state index in [2.05, 4.69) is 24.4 Å². The molecule has 3 nitrogen and oxygen atoms in total. The summed E-state index contributed by atoms with van der Waals surface area (Å²) in [6.45, 7) is 4.54.